The highest BCUT2D eigenvalue weighted by molar-refractivity contribution is 6.53. The van der Waals surface area contributed by atoms with Gasteiger partial charge in [-0.05, 0) is 60.7 Å². The zero-order valence-corrected chi connectivity index (χ0v) is 25.3. The van der Waals surface area contributed by atoms with E-state index >= 15 is 0 Å². The number of halogens is 3. The highest BCUT2D eigenvalue weighted by atomic mass is 35.5. The van der Waals surface area contributed by atoms with Crippen molar-refractivity contribution in [3.05, 3.63) is 107 Å². The van der Waals surface area contributed by atoms with Gasteiger partial charge in [-0.25, -0.2) is 4.39 Å². The molecule has 0 bridgehead atoms. The maximum absolute atomic E-state index is 14.7. The fraction of sp³-hybridized carbons (Fsp3) is 0.265. The van der Waals surface area contributed by atoms with Crippen molar-refractivity contribution in [3.63, 3.8) is 0 Å². The van der Waals surface area contributed by atoms with E-state index in [4.69, 9.17) is 23.2 Å². The molecular formula is C34H25Cl2FN2O6. The summed E-state index contributed by atoms with van der Waals surface area (Å²) in [5, 5.41) is 9.86. The van der Waals surface area contributed by atoms with Gasteiger partial charge in [-0.3, -0.25) is 33.8 Å². The highest BCUT2D eigenvalue weighted by Gasteiger charge is 2.75. The van der Waals surface area contributed by atoms with Crippen molar-refractivity contribution in [3.8, 4) is 5.75 Å². The summed E-state index contributed by atoms with van der Waals surface area (Å²) in [7, 11) is 1.27. The summed E-state index contributed by atoms with van der Waals surface area (Å²) < 4.78 is 14.7. The monoisotopic (exact) mass is 646 g/mol. The zero-order valence-electron chi connectivity index (χ0n) is 23.7. The van der Waals surface area contributed by atoms with Crippen LogP contribution in [0.4, 0.5) is 10.1 Å². The molecule has 228 valence electrons. The average Bonchev–Trinajstić information content (AvgIpc) is 3.37. The van der Waals surface area contributed by atoms with Crippen molar-refractivity contribution in [2.24, 2.45) is 17.8 Å². The molecule has 2 aliphatic carbocycles. The Morgan fingerprint density at radius 2 is 1.56 bits per heavy atom. The number of likely N-dealkylation sites (tertiary alicyclic amines) is 1. The number of carbonyl (C=O) groups excluding carboxylic acids is 5. The molecule has 6 atom stereocenters. The lowest BCUT2D eigenvalue weighted by molar-refractivity contribution is -0.138. The zero-order chi connectivity index (χ0) is 32.0. The number of anilines is 1. The van der Waals surface area contributed by atoms with Crippen LogP contribution < -0.4 is 4.90 Å². The first-order chi connectivity index (χ1) is 21.4. The molecule has 1 N–H and O–H groups in total. The second-order valence-corrected chi connectivity index (χ2v) is 13.2. The van der Waals surface area contributed by atoms with E-state index in [1.54, 1.807) is 60.7 Å². The number of allylic oxidation sites excluding steroid dienone is 2. The van der Waals surface area contributed by atoms with Crippen LogP contribution in [0.5, 0.6) is 5.75 Å². The SMILES string of the molecule is CN1C(=O)[C@]2(Cl)C[C@@H]3C(=CC[C@@H]4C(=O)N(c5ccc(C(=O)c6ccccc6)cc5)C(=O)[C@@H]43)[C@H](c3ccc(O)c(F)c3)[C@]2(Cl)C1=O. The predicted molar refractivity (Wildman–Crippen MR) is 162 cm³/mol. The molecule has 4 amide bonds. The van der Waals surface area contributed by atoms with E-state index in [1.807, 2.05) is 0 Å². The second kappa shape index (κ2) is 10.1. The Morgan fingerprint density at radius 3 is 2.22 bits per heavy atom. The number of benzene rings is 3. The topological polar surface area (TPSA) is 112 Å². The number of hydrogen-bond acceptors (Lipinski definition) is 6. The molecule has 0 radical (unpaired) electrons. The van der Waals surface area contributed by atoms with Crippen LogP contribution in [0.15, 0.2) is 84.4 Å². The van der Waals surface area contributed by atoms with Gasteiger partial charge in [0.25, 0.3) is 11.8 Å². The maximum atomic E-state index is 14.7. The summed E-state index contributed by atoms with van der Waals surface area (Å²) in [5.41, 5.74) is 1.88. The van der Waals surface area contributed by atoms with Crippen LogP contribution in [-0.4, -0.2) is 56.2 Å². The molecule has 3 fully saturated rings. The smallest absolute Gasteiger partial charge is 0.253 e. The molecule has 3 aromatic rings. The van der Waals surface area contributed by atoms with Crippen LogP contribution in [0.2, 0.25) is 0 Å². The van der Waals surface area contributed by atoms with Gasteiger partial charge in [0.15, 0.2) is 27.1 Å². The number of ketones is 1. The molecule has 8 nitrogen and oxygen atoms in total. The molecule has 11 heteroatoms. The molecule has 3 aromatic carbocycles. The van der Waals surface area contributed by atoms with Gasteiger partial charge in [0.05, 0.1) is 17.5 Å². The van der Waals surface area contributed by atoms with Gasteiger partial charge >= 0.3 is 0 Å². The first-order valence-corrected chi connectivity index (χ1v) is 15.1. The third-order valence-electron chi connectivity index (χ3n) is 9.74. The lowest BCUT2D eigenvalue weighted by atomic mass is 9.56. The minimum Gasteiger partial charge on any atom is -0.505 e. The predicted octanol–water partition coefficient (Wildman–Crippen LogP) is 4.96. The maximum Gasteiger partial charge on any atom is 0.253 e. The highest BCUT2D eigenvalue weighted by Crippen LogP contribution is 2.65. The van der Waals surface area contributed by atoms with Gasteiger partial charge in [-0.1, -0.05) is 48.0 Å². The normalized spacial score (nSPS) is 30.6. The number of phenols is 1. The number of phenolic OH excluding ortho intramolecular Hbond substituents is 1. The fourth-order valence-corrected chi connectivity index (χ4v) is 8.61. The number of aromatic hydroxyl groups is 1. The summed E-state index contributed by atoms with van der Waals surface area (Å²) in [4.78, 5) is 65.9. The van der Waals surface area contributed by atoms with Crippen molar-refractivity contribution in [1.82, 2.24) is 4.90 Å². The van der Waals surface area contributed by atoms with Gasteiger partial charge in [-0.15, -0.1) is 23.2 Å². The van der Waals surface area contributed by atoms with Crippen LogP contribution in [0, 0.1) is 23.6 Å². The van der Waals surface area contributed by atoms with Crippen LogP contribution in [0.3, 0.4) is 0 Å². The lowest BCUT2D eigenvalue weighted by Gasteiger charge is -2.50. The number of fused-ring (bicyclic) bond motifs is 4. The largest absolute Gasteiger partial charge is 0.505 e. The molecule has 2 saturated heterocycles. The molecule has 7 rings (SSSR count). The second-order valence-electron chi connectivity index (χ2n) is 12.0. The quantitative estimate of drug-likeness (QED) is 0.186. The van der Waals surface area contributed by atoms with E-state index < -0.39 is 68.6 Å². The number of imide groups is 2. The number of amides is 4. The summed E-state index contributed by atoms with van der Waals surface area (Å²) >= 11 is 14.2. The Bertz CT molecular complexity index is 1860. The van der Waals surface area contributed by atoms with Crippen molar-refractivity contribution in [2.75, 3.05) is 11.9 Å². The number of rotatable bonds is 4. The lowest BCUT2D eigenvalue weighted by Crippen LogP contribution is -2.60. The molecular weight excluding hydrogens is 622 g/mol. The van der Waals surface area contributed by atoms with E-state index in [0.717, 1.165) is 21.9 Å². The molecule has 2 heterocycles. The Balaban J connectivity index is 1.28. The van der Waals surface area contributed by atoms with Gasteiger partial charge in [0.2, 0.25) is 11.8 Å². The third-order valence-corrected chi connectivity index (χ3v) is 11.2. The van der Waals surface area contributed by atoms with Crippen LogP contribution in [-0.2, 0) is 19.2 Å². The molecule has 0 unspecified atom stereocenters. The average molecular weight is 647 g/mol. The minimum absolute atomic E-state index is 0.138. The fourth-order valence-electron chi connectivity index (χ4n) is 7.59. The van der Waals surface area contributed by atoms with Crippen molar-refractivity contribution >= 4 is 58.3 Å². The third kappa shape index (κ3) is 3.93. The minimum atomic E-state index is -2.05. The Hall–Kier alpha value is -4.34. The van der Waals surface area contributed by atoms with E-state index in [-0.39, 0.29) is 29.9 Å². The van der Waals surface area contributed by atoms with E-state index in [9.17, 15) is 33.5 Å². The Labute approximate surface area is 267 Å². The van der Waals surface area contributed by atoms with Gasteiger partial charge in [0.1, 0.15) is 0 Å². The Morgan fingerprint density at radius 1 is 0.889 bits per heavy atom. The summed E-state index contributed by atoms with van der Waals surface area (Å²) in [6.07, 6.45) is 1.68. The summed E-state index contributed by atoms with van der Waals surface area (Å²) in [6, 6.07) is 18.5. The first-order valence-electron chi connectivity index (χ1n) is 14.4. The van der Waals surface area contributed by atoms with Crippen molar-refractivity contribution in [2.45, 2.75) is 28.5 Å². The number of hydrogen-bond donors (Lipinski definition) is 1. The van der Waals surface area contributed by atoms with E-state index in [1.165, 1.54) is 13.1 Å². The van der Waals surface area contributed by atoms with E-state index in [2.05, 4.69) is 0 Å². The molecule has 1 saturated carbocycles. The van der Waals surface area contributed by atoms with Gasteiger partial charge in [-0.2, -0.15) is 0 Å². The first kappa shape index (κ1) is 29.4. The van der Waals surface area contributed by atoms with Crippen molar-refractivity contribution in [1.29, 1.82) is 0 Å². The molecule has 45 heavy (non-hydrogen) atoms. The number of nitrogens with zero attached hydrogens (tertiary/aromatic N) is 2. The summed E-state index contributed by atoms with van der Waals surface area (Å²) in [5.74, 6) is -7.85. The molecule has 2 aliphatic heterocycles. The van der Waals surface area contributed by atoms with Gasteiger partial charge in [0, 0.05) is 24.1 Å². The molecule has 4 aliphatic rings. The van der Waals surface area contributed by atoms with Crippen LogP contribution in [0.1, 0.15) is 40.2 Å². The van der Waals surface area contributed by atoms with Crippen LogP contribution >= 0.6 is 23.2 Å². The standard InChI is InChI=1S/C34H25Cl2FN2O6/c1-38-31(44)33(35)16-23-21(27(34(33,36)32(38)45)19-9-14-25(40)24(37)15-19)12-13-22-26(23)30(43)39(29(22)42)20-10-7-18(8-11-20)28(41)17-5-3-2-4-6-17/h2-12,14-15,22-23,26-27,40H,13,16H2,1H3/t22-,23+,26-,27-,33+,34-/m0/s1. The summed E-state index contributed by atoms with van der Waals surface area (Å²) in [6.45, 7) is 0. The number of alkyl halides is 2. The van der Waals surface area contributed by atoms with E-state index in [0.29, 0.717) is 16.7 Å². The van der Waals surface area contributed by atoms with Crippen LogP contribution in [0.25, 0.3) is 0 Å². The van der Waals surface area contributed by atoms with Gasteiger partial charge < -0.3 is 5.11 Å². The Kier molecular flexibility index (Phi) is 6.58. The molecule has 0 spiro atoms. The number of carbonyl (C=O) groups is 5. The molecule has 0 aromatic heterocycles. The van der Waals surface area contributed by atoms with Crippen molar-refractivity contribution < 1.29 is 33.5 Å².